The Bertz CT molecular complexity index is 903. The zero-order valence-electron chi connectivity index (χ0n) is 15.1. The molecule has 0 saturated carbocycles. The predicted octanol–water partition coefficient (Wildman–Crippen LogP) is 1.17. The second-order valence-corrected chi connectivity index (χ2v) is 6.68. The first-order valence-electron chi connectivity index (χ1n) is 9.07. The Morgan fingerprint density at radius 1 is 1.04 bits per heavy atom. The summed E-state index contributed by atoms with van der Waals surface area (Å²) in [5.74, 6) is 0. The Labute approximate surface area is 162 Å². The summed E-state index contributed by atoms with van der Waals surface area (Å²) in [6, 6.07) is 13.5. The monoisotopic (exact) mass is 382 g/mol. The van der Waals surface area contributed by atoms with Crippen LogP contribution in [-0.2, 0) is 11.3 Å². The molecule has 3 heterocycles. The maximum atomic E-state index is 10.3. The highest BCUT2D eigenvalue weighted by atomic mass is 16.6. The molecule has 1 aliphatic heterocycles. The molecule has 1 aliphatic rings. The molecule has 4 N–H and O–H groups in total. The molecule has 2 aromatic heterocycles. The minimum absolute atomic E-state index is 0.380. The smallest absolute Gasteiger partial charge is 0.179 e. The van der Waals surface area contributed by atoms with E-state index >= 15 is 0 Å². The molecule has 0 unspecified atom stereocenters. The fraction of sp³-hybridized carbons (Fsp3) is 0.300. The van der Waals surface area contributed by atoms with E-state index in [1.54, 1.807) is 18.6 Å². The number of rotatable bonds is 6. The van der Waals surface area contributed by atoms with Crippen LogP contribution < -0.4 is 5.32 Å². The molecule has 8 heteroatoms. The highest BCUT2D eigenvalue weighted by molar-refractivity contribution is 5.73. The average molecular weight is 382 g/mol. The van der Waals surface area contributed by atoms with Gasteiger partial charge in [0.05, 0.1) is 18.5 Å². The van der Waals surface area contributed by atoms with Crippen LogP contribution in [0.15, 0.2) is 61.1 Å². The van der Waals surface area contributed by atoms with Crippen molar-refractivity contribution in [2.24, 2.45) is 0 Å². The van der Waals surface area contributed by atoms with E-state index in [9.17, 15) is 15.3 Å². The molecule has 0 radical (unpaired) electrons. The molecule has 4 atom stereocenters. The van der Waals surface area contributed by atoms with Gasteiger partial charge in [-0.05, 0) is 17.7 Å². The first-order chi connectivity index (χ1) is 13.7. The van der Waals surface area contributed by atoms with Gasteiger partial charge in [-0.15, -0.1) is 0 Å². The van der Waals surface area contributed by atoms with E-state index in [0.717, 1.165) is 16.8 Å². The predicted molar refractivity (Wildman–Crippen MR) is 102 cm³/mol. The lowest BCUT2D eigenvalue weighted by molar-refractivity contribution is -0.0584. The van der Waals surface area contributed by atoms with Gasteiger partial charge in [-0.25, -0.2) is 4.68 Å². The second kappa shape index (κ2) is 8.07. The Morgan fingerprint density at radius 3 is 2.46 bits per heavy atom. The molecule has 4 rings (SSSR count). The van der Waals surface area contributed by atoms with Gasteiger partial charge in [0, 0.05) is 24.5 Å². The standard InChI is InChI=1S/C20H22N4O4/c25-12-16-18(26)19(27)20(28-16)24-11-15(22-10-13-6-8-21-9-7-13)17(23-24)14-4-2-1-3-5-14/h1-9,11,16,18-20,22,25-27H,10,12H2/t16-,18+,19+,20+/m0/s1. The molecular weight excluding hydrogens is 360 g/mol. The minimum atomic E-state index is -1.19. The van der Waals surface area contributed by atoms with Gasteiger partial charge in [-0.1, -0.05) is 30.3 Å². The van der Waals surface area contributed by atoms with Crippen molar-refractivity contribution >= 4 is 5.69 Å². The summed E-state index contributed by atoms with van der Waals surface area (Å²) >= 11 is 0. The summed E-state index contributed by atoms with van der Waals surface area (Å²) < 4.78 is 7.09. The van der Waals surface area contributed by atoms with E-state index in [4.69, 9.17) is 4.74 Å². The van der Waals surface area contributed by atoms with E-state index in [1.165, 1.54) is 4.68 Å². The summed E-state index contributed by atoms with van der Waals surface area (Å²) in [5, 5.41) is 37.6. The molecule has 146 valence electrons. The lowest BCUT2D eigenvalue weighted by Gasteiger charge is -2.14. The molecule has 8 nitrogen and oxygen atoms in total. The van der Waals surface area contributed by atoms with Gasteiger partial charge in [0.1, 0.15) is 24.0 Å². The van der Waals surface area contributed by atoms with E-state index in [1.807, 2.05) is 42.5 Å². The van der Waals surface area contributed by atoms with E-state index in [-0.39, 0.29) is 6.61 Å². The summed E-state index contributed by atoms with van der Waals surface area (Å²) in [6.07, 6.45) is 1.12. The highest BCUT2D eigenvalue weighted by Crippen LogP contribution is 2.33. The number of hydrogen-bond donors (Lipinski definition) is 4. The molecule has 1 fully saturated rings. The number of aliphatic hydroxyl groups is 3. The van der Waals surface area contributed by atoms with Crippen molar-refractivity contribution in [2.75, 3.05) is 11.9 Å². The van der Waals surface area contributed by atoms with Crippen LogP contribution in [0.1, 0.15) is 11.8 Å². The zero-order chi connectivity index (χ0) is 19.5. The molecule has 0 spiro atoms. The highest BCUT2D eigenvalue weighted by Gasteiger charge is 2.44. The number of aliphatic hydroxyl groups excluding tert-OH is 3. The van der Waals surface area contributed by atoms with E-state index in [0.29, 0.717) is 12.2 Å². The van der Waals surface area contributed by atoms with Crippen molar-refractivity contribution < 1.29 is 20.1 Å². The number of hydrogen-bond acceptors (Lipinski definition) is 7. The normalized spacial score (nSPS) is 24.4. The van der Waals surface area contributed by atoms with Gasteiger partial charge in [-0.3, -0.25) is 4.98 Å². The molecule has 0 amide bonds. The van der Waals surface area contributed by atoms with Crippen LogP contribution in [0.3, 0.4) is 0 Å². The first kappa shape index (κ1) is 18.6. The molecular formula is C20H22N4O4. The Balaban J connectivity index is 1.64. The van der Waals surface area contributed by atoms with Gasteiger partial charge in [0.25, 0.3) is 0 Å². The Morgan fingerprint density at radius 2 is 1.79 bits per heavy atom. The number of pyridine rings is 1. The first-order valence-corrected chi connectivity index (χ1v) is 9.07. The van der Waals surface area contributed by atoms with Crippen molar-refractivity contribution in [1.82, 2.24) is 14.8 Å². The van der Waals surface area contributed by atoms with Crippen molar-refractivity contribution in [1.29, 1.82) is 0 Å². The largest absolute Gasteiger partial charge is 0.394 e. The third-order valence-electron chi connectivity index (χ3n) is 4.79. The van der Waals surface area contributed by atoms with Crippen LogP contribution in [0.2, 0.25) is 0 Å². The van der Waals surface area contributed by atoms with Gasteiger partial charge in [0.15, 0.2) is 6.23 Å². The summed E-state index contributed by atoms with van der Waals surface area (Å²) in [6.45, 7) is 0.193. The number of aromatic nitrogens is 3. The van der Waals surface area contributed by atoms with Gasteiger partial charge >= 0.3 is 0 Å². The lowest BCUT2D eigenvalue weighted by Crippen LogP contribution is -2.33. The number of nitrogens with one attached hydrogen (secondary N) is 1. The topological polar surface area (TPSA) is 113 Å². The fourth-order valence-corrected chi connectivity index (χ4v) is 3.26. The van der Waals surface area contributed by atoms with Crippen molar-refractivity contribution in [3.05, 3.63) is 66.6 Å². The number of benzene rings is 1. The SMILES string of the molecule is OC[C@@H]1O[C@@H](n2cc(NCc3ccncc3)c(-c3ccccc3)n2)[C@H](O)[C@@H]1O. The summed E-state index contributed by atoms with van der Waals surface area (Å²) in [7, 11) is 0. The van der Waals surface area contributed by atoms with Crippen molar-refractivity contribution in [3.63, 3.8) is 0 Å². The molecule has 1 aromatic carbocycles. The average Bonchev–Trinajstić information content (AvgIpc) is 3.29. The van der Waals surface area contributed by atoms with Crippen LogP contribution in [0, 0.1) is 0 Å². The zero-order valence-corrected chi connectivity index (χ0v) is 15.1. The number of nitrogens with zero attached hydrogens (tertiary/aromatic N) is 3. The van der Waals surface area contributed by atoms with Crippen LogP contribution in [0.4, 0.5) is 5.69 Å². The van der Waals surface area contributed by atoms with Gasteiger partial charge in [0.2, 0.25) is 0 Å². The van der Waals surface area contributed by atoms with E-state index in [2.05, 4.69) is 15.4 Å². The molecule has 0 aliphatic carbocycles. The third kappa shape index (κ3) is 3.63. The van der Waals surface area contributed by atoms with Crippen LogP contribution in [-0.4, -0.2) is 55.0 Å². The maximum absolute atomic E-state index is 10.3. The van der Waals surface area contributed by atoms with Crippen LogP contribution in [0.25, 0.3) is 11.3 Å². The Hall–Kier alpha value is -2.78. The van der Waals surface area contributed by atoms with Crippen molar-refractivity contribution in [2.45, 2.75) is 31.1 Å². The van der Waals surface area contributed by atoms with Crippen molar-refractivity contribution in [3.8, 4) is 11.3 Å². The Kier molecular flexibility index (Phi) is 5.36. The van der Waals surface area contributed by atoms with Crippen LogP contribution >= 0.6 is 0 Å². The number of anilines is 1. The minimum Gasteiger partial charge on any atom is -0.394 e. The third-order valence-corrected chi connectivity index (χ3v) is 4.79. The quantitative estimate of drug-likeness (QED) is 0.506. The van der Waals surface area contributed by atoms with Crippen LogP contribution in [0.5, 0.6) is 0 Å². The summed E-state index contributed by atoms with van der Waals surface area (Å²) in [4.78, 5) is 4.02. The fourth-order valence-electron chi connectivity index (χ4n) is 3.26. The molecule has 0 bridgehead atoms. The molecule has 1 saturated heterocycles. The molecule has 28 heavy (non-hydrogen) atoms. The maximum Gasteiger partial charge on any atom is 0.179 e. The second-order valence-electron chi connectivity index (χ2n) is 6.68. The molecule has 3 aromatic rings. The summed E-state index contributed by atoms with van der Waals surface area (Å²) in [5.41, 5.74) is 3.44. The van der Waals surface area contributed by atoms with Gasteiger partial charge in [-0.2, -0.15) is 5.10 Å². The van der Waals surface area contributed by atoms with Gasteiger partial charge < -0.3 is 25.4 Å². The lowest BCUT2D eigenvalue weighted by atomic mass is 10.1. The van der Waals surface area contributed by atoms with E-state index < -0.39 is 24.5 Å². The number of ether oxygens (including phenoxy) is 1.